The number of aromatic nitrogens is 3. The number of nitrogens with zero attached hydrogens (tertiary/aromatic N) is 2. The standard InChI is InChI=1S/C12H11N5OS/c1-6-2-3-7-8(4-6)19-12(16-7)17-10-9(13)11(18)15-5-14-10/h2-5H,13H2,1H3,(H2,14,15,16,17,18). The van der Waals surface area contributed by atoms with Gasteiger partial charge < -0.3 is 16.0 Å². The van der Waals surface area contributed by atoms with Crippen LogP contribution in [0, 0.1) is 6.92 Å². The predicted octanol–water partition coefficient (Wildman–Crippen LogP) is 2.01. The Morgan fingerprint density at radius 1 is 1.42 bits per heavy atom. The van der Waals surface area contributed by atoms with Crippen molar-refractivity contribution in [2.45, 2.75) is 6.92 Å². The van der Waals surface area contributed by atoms with Gasteiger partial charge in [-0.05, 0) is 24.6 Å². The lowest BCUT2D eigenvalue weighted by Crippen LogP contribution is -2.14. The third kappa shape index (κ3) is 2.15. The average molecular weight is 273 g/mol. The van der Waals surface area contributed by atoms with Crippen LogP contribution in [0.25, 0.3) is 10.2 Å². The smallest absolute Gasteiger partial charge is 0.276 e. The second kappa shape index (κ2) is 4.36. The van der Waals surface area contributed by atoms with E-state index in [4.69, 9.17) is 5.73 Å². The fourth-order valence-electron chi connectivity index (χ4n) is 1.70. The number of aryl methyl sites for hydroxylation is 1. The quantitative estimate of drug-likeness (QED) is 0.663. The van der Waals surface area contributed by atoms with Gasteiger partial charge in [-0.25, -0.2) is 9.97 Å². The highest BCUT2D eigenvalue weighted by Gasteiger charge is 2.08. The molecule has 0 unspecified atom stereocenters. The zero-order valence-corrected chi connectivity index (χ0v) is 10.9. The van der Waals surface area contributed by atoms with Crippen molar-refractivity contribution in [1.29, 1.82) is 0 Å². The SMILES string of the molecule is Cc1ccc2nc(Nc3nc[nH]c(=O)c3N)sc2c1. The third-order valence-corrected chi connectivity index (χ3v) is 3.59. The molecule has 0 atom stereocenters. The summed E-state index contributed by atoms with van der Waals surface area (Å²) in [6, 6.07) is 6.03. The molecule has 0 spiro atoms. The molecule has 96 valence electrons. The fraction of sp³-hybridized carbons (Fsp3) is 0.0833. The number of thiazole rings is 1. The summed E-state index contributed by atoms with van der Waals surface area (Å²) in [7, 11) is 0. The van der Waals surface area contributed by atoms with Crippen molar-refractivity contribution in [3.05, 3.63) is 40.4 Å². The van der Waals surface area contributed by atoms with Crippen LogP contribution >= 0.6 is 11.3 Å². The van der Waals surface area contributed by atoms with Crippen LogP contribution in [0.5, 0.6) is 0 Å². The average Bonchev–Trinajstić information content (AvgIpc) is 2.76. The molecule has 2 heterocycles. The maximum Gasteiger partial charge on any atom is 0.276 e. The molecule has 0 bridgehead atoms. The summed E-state index contributed by atoms with van der Waals surface area (Å²) in [5.74, 6) is 0.319. The first kappa shape index (κ1) is 11.7. The van der Waals surface area contributed by atoms with E-state index in [0.717, 1.165) is 10.2 Å². The molecule has 3 aromatic rings. The maximum atomic E-state index is 11.4. The summed E-state index contributed by atoms with van der Waals surface area (Å²) in [5.41, 5.74) is 7.43. The molecule has 0 aliphatic carbocycles. The van der Waals surface area contributed by atoms with Crippen LogP contribution < -0.4 is 16.6 Å². The van der Waals surface area contributed by atoms with E-state index < -0.39 is 0 Å². The van der Waals surface area contributed by atoms with E-state index in [1.165, 1.54) is 23.2 Å². The Hall–Kier alpha value is -2.41. The molecule has 6 nitrogen and oxygen atoms in total. The Kier molecular flexibility index (Phi) is 2.68. The lowest BCUT2D eigenvalue weighted by atomic mass is 10.2. The Morgan fingerprint density at radius 2 is 2.26 bits per heavy atom. The largest absolute Gasteiger partial charge is 0.391 e. The van der Waals surface area contributed by atoms with Crippen LogP contribution in [0.15, 0.2) is 29.3 Å². The molecule has 0 saturated heterocycles. The second-order valence-electron chi connectivity index (χ2n) is 4.11. The summed E-state index contributed by atoms with van der Waals surface area (Å²) in [6.07, 6.45) is 1.30. The van der Waals surface area contributed by atoms with Gasteiger partial charge in [0.05, 0.1) is 16.5 Å². The van der Waals surface area contributed by atoms with Gasteiger partial charge in [-0.1, -0.05) is 17.4 Å². The van der Waals surface area contributed by atoms with Gasteiger partial charge in [-0.15, -0.1) is 0 Å². The number of benzene rings is 1. The number of nitrogens with two attached hydrogens (primary N) is 1. The number of hydrogen-bond donors (Lipinski definition) is 3. The van der Waals surface area contributed by atoms with Gasteiger partial charge in [0.2, 0.25) is 0 Å². The van der Waals surface area contributed by atoms with Gasteiger partial charge >= 0.3 is 0 Å². The first-order chi connectivity index (χ1) is 9.13. The van der Waals surface area contributed by atoms with Crippen molar-refractivity contribution in [1.82, 2.24) is 15.0 Å². The number of rotatable bonds is 2. The molecule has 4 N–H and O–H groups in total. The van der Waals surface area contributed by atoms with Crippen molar-refractivity contribution < 1.29 is 0 Å². The van der Waals surface area contributed by atoms with Crippen LogP contribution in [0.2, 0.25) is 0 Å². The monoisotopic (exact) mass is 273 g/mol. The zero-order valence-electron chi connectivity index (χ0n) is 10.1. The number of nitrogens with one attached hydrogen (secondary N) is 2. The van der Waals surface area contributed by atoms with E-state index in [1.54, 1.807) is 0 Å². The molecular formula is C12H11N5OS. The normalized spacial score (nSPS) is 10.8. The van der Waals surface area contributed by atoms with Crippen LogP contribution in [0.4, 0.5) is 16.6 Å². The van der Waals surface area contributed by atoms with Crippen molar-refractivity contribution in [3.63, 3.8) is 0 Å². The summed E-state index contributed by atoms with van der Waals surface area (Å²) < 4.78 is 1.07. The Morgan fingerprint density at radius 3 is 3.11 bits per heavy atom. The van der Waals surface area contributed by atoms with Gasteiger partial charge in [0.1, 0.15) is 5.69 Å². The number of aromatic amines is 1. The van der Waals surface area contributed by atoms with Crippen molar-refractivity contribution in [2.75, 3.05) is 11.1 Å². The van der Waals surface area contributed by atoms with E-state index in [9.17, 15) is 4.79 Å². The molecular weight excluding hydrogens is 262 g/mol. The first-order valence-electron chi connectivity index (χ1n) is 5.61. The van der Waals surface area contributed by atoms with Crippen molar-refractivity contribution in [3.8, 4) is 0 Å². The van der Waals surface area contributed by atoms with E-state index in [0.29, 0.717) is 10.9 Å². The lowest BCUT2D eigenvalue weighted by molar-refractivity contribution is 1.12. The molecule has 0 amide bonds. The molecule has 1 aromatic carbocycles. The van der Waals surface area contributed by atoms with Crippen molar-refractivity contribution >= 4 is 38.2 Å². The molecule has 3 rings (SSSR count). The number of fused-ring (bicyclic) bond motifs is 1. The third-order valence-electron chi connectivity index (χ3n) is 2.66. The molecule has 0 aliphatic heterocycles. The van der Waals surface area contributed by atoms with Crippen LogP contribution in [0.3, 0.4) is 0 Å². The second-order valence-corrected chi connectivity index (χ2v) is 5.14. The van der Waals surface area contributed by atoms with Gasteiger partial charge in [0.15, 0.2) is 10.9 Å². The topological polar surface area (TPSA) is 96.7 Å². The van der Waals surface area contributed by atoms with Crippen molar-refractivity contribution in [2.24, 2.45) is 0 Å². The molecule has 0 radical (unpaired) electrons. The van der Waals surface area contributed by atoms with Gasteiger partial charge in [0, 0.05) is 0 Å². The van der Waals surface area contributed by atoms with Crippen LogP contribution in [0.1, 0.15) is 5.56 Å². The maximum absolute atomic E-state index is 11.4. The van der Waals surface area contributed by atoms with E-state index in [1.807, 2.05) is 19.1 Å². The fourth-order valence-corrected chi connectivity index (χ4v) is 2.66. The summed E-state index contributed by atoms with van der Waals surface area (Å²) in [4.78, 5) is 22.2. The lowest BCUT2D eigenvalue weighted by Gasteiger charge is -2.02. The highest BCUT2D eigenvalue weighted by molar-refractivity contribution is 7.22. The first-order valence-corrected chi connectivity index (χ1v) is 6.42. The zero-order chi connectivity index (χ0) is 13.4. The predicted molar refractivity (Wildman–Crippen MR) is 76.9 cm³/mol. The number of H-pyrrole nitrogens is 1. The summed E-state index contributed by atoms with van der Waals surface area (Å²) >= 11 is 1.49. The van der Waals surface area contributed by atoms with E-state index in [-0.39, 0.29) is 11.2 Å². The summed E-state index contributed by atoms with van der Waals surface area (Å²) in [6.45, 7) is 2.03. The van der Waals surface area contributed by atoms with Gasteiger partial charge in [-0.3, -0.25) is 4.79 Å². The minimum absolute atomic E-state index is 0.0536. The molecule has 0 fully saturated rings. The van der Waals surface area contributed by atoms with Gasteiger partial charge in [-0.2, -0.15) is 0 Å². The van der Waals surface area contributed by atoms with Gasteiger partial charge in [0.25, 0.3) is 5.56 Å². The molecule has 19 heavy (non-hydrogen) atoms. The van der Waals surface area contributed by atoms with Crippen LogP contribution in [-0.2, 0) is 0 Å². The highest BCUT2D eigenvalue weighted by Crippen LogP contribution is 2.29. The molecule has 0 aliphatic rings. The molecule has 7 heteroatoms. The number of hydrogen-bond acceptors (Lipinski definition) is 6. The Labute approximate surface area is 112 Å². The van der Waals surface area contributed by atoms with Crippen LogP contribution in [-0.4, -0.2) is 15.0 Å². The number of anilines is 3. The van der Waals surface area contributed by atoms with E-state index in [2.05, 4.69) is 26.3 Å². The molecule has 2 aromatic heterocycles. The van der Waals surface area contributed by atoms with E-state index >= 15 is 0 Å². The minimum atomic E-state index is -0.366. The summed E-state index contributed by atoms with van der Waals surface area (Å²) in [5, 5.41) is 3.63. The minimum Gasteiger partial charge on any atom is -0.391 e. The number of nitrogen functional groups attached to an aromatic ring is 1. The highest BCUT2D eigenvalue weighted by atomic mass is 32.1. The Bertz CT molecular complexity index is 807. The Balaban J connectivity index is 2.01. The molecule has 0 saturated carbocycles.